The van der Waals surface area contributed by atoms with Crippen LogP contribution in [0.1, 0.15) is 55.2 Å². The maximum Gasteiger partial charge on any atom is 0.227 e. The molecule has 1 aliphatic carbocycles. The van der Waals surface area contributed by atoms with E-state index in [1.165, 1.54) is 24.0 Å². The fourth-order valence-electron chi connectivity index (χ4n) is 4.67. The number of hydrogen-bond donors (Lipinski definition) is 2. The van der Waals surface area contributed by atoms with E-state index in [4.69, 9.17) is 12.2 Å². The van der Waals surface area contributed by atoms with Crippen LogP contribution in [-0.2, 0) is 10.3 Å². The number of amides is 1. The van der Waals surface area contributed by atoms with Gasteiger partial charge in [-0.3, -0.25) is 4.79 Å². The Balaban J connectivity index is 1.52. The van der Waals surface area contributed by atoms with Crippen LogP contribution in [0.3, 0.4) is 0 Å². The molecule has 1 saturated carbocycles. The molecule has 1 amide bonds. The van der Waals surface area contributed by atoms with Gasteiger partial charge in [-0.1, -0.05) is 48.7 Å². The van der Waals surface area contributed by atoms with Gasteiger partial charge >= 0.3 is 0 Å². The lowest BCUT2D eigenvalue weighted by Gasteiger charge is -2.33. The van der Waals surface area contributed by atoms with Crippen molar-refractivity contribution in [2.45, 2.75) is 57.9 Å². The van der Waals surface area contributed by atoms with Crippen molar-refractivity contribution >= 4 is 34.6 Å². The summed E-state index contributed by atoms with van der Waals surface area (Å²) in [6, 6.07) is 14.9. The van der Waals surface area contributed by atoms with Gasteiger partial charge in [0, 0.05) is 24.3 Å². The van der Waals surface area contributed by atoms with E-state index in [0.717, 1.165) is 42.7 Å². The van der Waals surface area contributed by atoms with Crippen molar-refractivity contribution in [1.29, 1.82) is 0 Å². The molecule has 5 heteroatoms. The molecule has 1 heterocycles. The van der Waals surface area contributed by atoms with Gasteiger partial charge in [0.15, 0.2) is 5.11 Å². The second-order valence-corrected chi connectivity index (χ2v) is 8.80. The van der Waals surface area contributed by atoms with Crippen LogP contribution in [0.2, 0.25) is 0 Å². The van der Waals surface area contributed by atoms with Crippen LogP contribution in [0.5, 0.6) is 0 Å². The maximum absolute atomic E-state index is 12.2. The number of carbonyl (C=O) groups is 1. The first-order chi connectivity index (χ1) is 14.0. The van der Waals surface area contributed by atoms with Crippen molar-refractivity contribution in [1.82, 2.24) is 5.32 Å². The first-order valence-corrected chi connectivity index (χ1v) is 10.9. The number of anilines is 2. The highest BCUT2D eigenvalue weighted by Gasteiger charge is 2.36. The summed E-state index contributed by atoms with van der Waals surface area (Å²) in [6.45, 7) is 4.98. The summed E-state index contributed by atoms with van der Waals surface area (Å²) in [4.78, 5) is 14.1. The lowest BCUT2D eigenvalue weighted by atomic mass is 9.87. The van der Waals surface area contributed by atoms with Crippen LogP contribution >= 0.6 is 12.2 Å². The zero-order chi connectivity index (χ0) is 20.4. The lowest BCUT2D eigenvalue weighted by molar-refractivity contribution is -0.117. The van der Waals surface area contributed by atoms with Gasteiger partial charge in [0.1, 0.15) is 0 Å². The van der Waals surface area contributed by atoms with Crippen molar-refractivity contribution in [2.24, 2.45) is 0 Å². The monoisotopic (exact) mass is 407 g/mol. The Morgan fingerprint density at radius 3 is 2.55 bits per heavy atom. The van der Waals surface area contributed by atoms with Gasteiger partial charge in [-0.25, -0.2) is 0 Å². The fraction of sp³-hybridized carbons (Fsp3) is 0.417. The van der Waals surface area contributed by atoms with Crippen LogP contribution in [0, 0.1) is 13.8 Å². The van der Waals surface area contributed by atoms with E-state index >= 15 is 0 Å². The Kier molecular flexibility index (Phi) is 5.59. The third-order valence-electron chi connectivity index (χ3n) is 6.21. The SMILES string of the molecule is Cc1cccc(C2(NC(=S)Nc3ccc(C)c(N4CCCC4=O)c3)CCCC2)c1. The average Bonchev–Trinajstić information content (AvgIpc) is 3.33. The molecule has 2 aliphatic rings. The highest BCUT2D eigenvalue weighted by atomic mass is 32.1. The van der Waals surface area contributed by atoms with E-state index in [1.807, 2.05) is 24.0 Å². The van der Waals surface area contributed by atoms with Crippen LogP contribution in [0.4, 0.5) is 11.4 Å². The molecular weight excluding hydrogens is 378 g/mol. The molecule has 0 bridgehead atoms. The lowest BCUT2D eigenvalue weighted by Crippen LogP contribution is -2.45. The Labute approximate surface area is 178 Å². The van der Waals surface area contributed by atoms with Crippen molar-refractivity contribution in [3.05, 3.63) is 59.2 Å². The minimum absolute atomic E-state index is 0.103. The minimum atomic E-state index is -0.103. The van der Waals surface area contributed by atoms with E-state index in [0.29, 0.717) is 11.5 Å². The molecule has 4 nitrogen and oxygen atoms in total. The third kappa shape index (κ3) is 4.15. The molecule has 1 saturated heterocycles. The molecule has 0 atom stereocenters. The van der Waals surface area contributed by atoms with E-state index < -0.39 is 0 Å². The van der Waals surface area contributed by atoms with E-state index in [9.17, 15) is 4.79 Å². The van der Waals surface area contributed by atoms with Gasteiger partial charge in [-0.05, 0) is 68.6 Å². The number of nitrogens with one attached hydrogen (secondary N) is 2. The zero-order valence-electron chi connectivity index (χ0n) is 17.3. The Morgan fingerprint density at radius 2 is 1.86 bits per heavy atom. The summed E-state index contributed by atoms with van der Waals surface area (Å²) in [5.74, 6) is 0.204. The van der Waals surface area contributed by atoms with E-state index in [1.54, 1.807) is 0 Å². The normalized spacial score (nSPS) is 18.1. The number of nitrogens with zero attached hydrogens (tertiary/aromatic N) is 1. The molecule has 2 fully saturated rings. The summed E-state index contributed by atoms with van der Waals surface area (Å²) in [6.07, 6.45) is 6.13. The molecule has 2 aromatic carbocycles. The average molecular weight is 408 g/mol. The van der Waals surface area contributed by atoms with Crippen LogP contribution in [0.25, 0.3) is 0 Å². The highest BCUT2D eigenvalue weighted by Crippen LogP contribution is 2.39. The van der Waals surface area contributed by atoms with E-state index in [-0.39, 0.29) is 11.4 Å². The number of carbonyl (C=O) groups excluding carboxylic acids is 1. The summed E-state index contributed by atoms with van der Waals surface area (Å²) in [7, 11) is 0. The summed E-state index contributed by atoms with van der Waals surface area (Å²) < 4.78 is 0. The largest absolute Gasteiger partial charge is 0.353 e. The number of hydrogen-bond acceptors (Lipinski definition) is 2. The first kappa shape index (κ1) is 19.9. The fourth-order valence-corrected chi connectivity index (χ4v) is 4.98. The molecular formula is C24H29N3OS. The molecule has 0 radical (unpaired) electrons. The van der Waals surface area contributed by atoms with Crippen LogP contribution in [0.15, 0.2) is 42.5 Å². The maximum atomic E-state index is 12.2. The summed E-state index contributed by atoms with van der Waals surface area (Å²) in [5.41, 5.74) is 5.49. The smallest absolute Gasteiger partial charge is 0.227 e. The van der Waals surface area contributed by atoms with Gasteiger partial charge in [0.05, 0.1) is 5.54 Å². The Morgan fingerprint density at radius 1 is 1.07 bits per heavy atom. The van der Waals surface area contributed by atoms with Gasteiger partial charge in [0.25, 0.3) is 0 Å². The molecule has 152 valence electrons. The Bertz CT molecular complexity index is 933. The number of rotatable bonds is 4. The number of thiocarbonyl (C=S) groups is 1. The standard InChI is InChI=1S/C24H29N3OS/c1-17-7-5-8-19(15-17)24(12-3-4-13-24)26-23(29)25-20-11-10-18(2)21(16-20)27-14-6-9-22(27)28/h5,7-8,10-11,15-16H,3-4,6,9,12-14H2,1-2H3,(H2,25,26,29). The molecule has 4 rings (SSSR count). The summed E-state index contributed by atoms with van der Waals surface area (Å²) >= 11 is 5.71. The molecule has 1 aliphatic heterocycles. The Hall–Kier alpha value is -2.40. The highest BCUT2D eigenvalue weighted by molar-refractivity contribution is 7.80. The summed E-state index contributed by atoms with van der Waals surface area (Å²) in [5, 5.41) is 7.64. The minimum Gasteiger partial charge on any atom is -0.353 e. The molecule has 0 unspecified atom stereocenters. The van der Waals surface area contributed by atoms with E-state index in [2.05, 4.69) is 47.9 Å². The topological polar surface area (TPSA) is 44.4 Å². The molecule has 2 N–H and O–H groups in total. The molecule has 2 aromatic rings. The first-order valence-electron chi connectivity index (χ1n) is 10.5. The van der Waals surface area contributed by atoms with Crippen molar-refractivity contribution < 1.29 is 4.79 Å². The van der Waals surface area contributed by atoms with Gasteiger partial charge in [-0.15, -0.1) is 0 Å². The third-order valence-corrected chi connectivity index (χ3v) is 6.42. The second-order valence-electron chi connectivity index (χ2n) is 8.39. The number of benzene rings is 2. The number of aryl methyl sites for hydroxylation is 2. The van der Waals surface area contributed by atoms with Gasteiger partial charge in [0.2, 0.25) is 5.91 Å². The molecule has 0 aromatic heterocycles. The zero-order valence-corrected chi connectivity index (χ0v) is 18.1. The van der Waals surface area contributed by atoms with Crippen molar-refractivity contribution in [2.75, 3.05) is 16.8 Å². The van der Waals surface area contributed by atoms with Gasteiger partial charge in [-0.2, -0.15) is 0 Å². The predicted octanol–water partition coefficient (Wildman–Crippen LogP) is 5.19. The van der Waals surface area contributed by atoms with Crippen molar-refractivity contribution in [3.63, 3.8) is 0 Å². The van der Waals surface area contributed by atoms with Crippen molar-refractivity contribution in [3.8, 4) is 0 Å². The van der Waals surface area contributed by atoms with Crippen LogP contribution < -0.4 is 15.5 Å². The second kappa shape index (κ2) is 8.15. The molecule has 29 heavy (non-hydrogen) atoms. The van der Waals surface area contributed by atoms with Gasteiger partial charge < -0.3 is 15.5 Å². The molecule has 0 spiro atoms. The van der Waals surface area contributed by atoms with Crippen LogP contribution in [-0.4, -0.2) is 17.6 Å². The predicted molar refractivity (Wildman–Crippen MR) is 123 cm³/mol. The quantitative estimate of drug-likeness (QED) is 0.685.